The lowest BCUT2D eigenvalue weighted by molar-refractivity contribution is -0.129. The molecule has 0 saturated carbocycles. The highest BCUT2D eigenvalue weighted by Crippen LogP contribution is 2.41. The Morgan fingerprint density at radius 1 is 1.13 bits per heavy atom. The van der Waals surface area contributed by atoms with Crippen molar-refractivity contribution in [1.82, 2.24) is 9.80 Å². The highest BCUT2D eigenvalue weighted by molar-refractivity contribution is 6.14. The lowest BCUT2D eigenvalue weighted by atomic mass is 9.94. The highest BCUT2D eigenvalue weighted by atomic mass is 16.5. The van der Waals surface area contributed by atoms with Crippen LogP contribution in [0.5, 0.6) is 5.75 Å². The average Bonchev–Trinajstić information content (AvgIpc) is 3.03. The number of para-hydroxylation sites is 1. The minimum Gasteiger partial charge on any atom is -0.503 e. The molecule has 0 spiro atoms. The van der Waals surface area contributed by atoms with Gasteiger partial charge in [0.05, 0.1) is 18.7 Å². The fourth-order valence-corrected chi connectivity index (χ4v) is 3.73. The van der Waals surface area contributed by atoms with Gasteiger partial charge in [-0.2, -0.15) is 0 Å². The molecule has 1 N–H and O–H groups in total. The van der Waals surface area contributed by atoms with Gasteiger partial charge in [0.15, 0.2) is 11.5 Å². The molecule has 1 aliphatic heterocycles. The summed E-state index contributed by atoms with van der Waals surface area (Å²) < 4.78 is 5.50. The second kappa shape index (κ2) is 10.1. The van der Waals surface area contributed by atoms with Crippen molar-refractivity contribution in [2.24, 2.45) is 0 Å². The number of ether oxygens (including phenoxy) is 1. The number of hydrogen-bond donors (Lipinski definition) is 1. The van der Waals surface area contributed by atoms with Crippen LogP contribution in [0.15, 0.2) is 72.0 Å². The number of amides is 1. The van der Waals surface area contributed by atoms with E-state index in [1.807, 2.05) is 67.5 Å². The Labute approximate surface area is 183 Å². The summed E-state index contributed by atoms with van der Waals surface area (Å²) in [5.74, 6) is -0.875. The number of allylic oxidation sites excluding steroid dienone is 1. The summed E-state index contributed by atoms with van der Waals surface area (Å²) in [6.45, 7) is 1.18. The Balaban J connectivity index is 1.98. The van der Waals surface area contributed by atoms with Crippen LogP contribution in [-0.4, -0.2) is 60.9 Å². The fraction of sp³-hybridized carbons (Fsp3) is 0.280. The van der Waals surface area contributed by atoms with Crippen LogP contribution < -0.4 is 4.74 Å². The molecule has 1 heterocycles. The first-order chi connectivity index (χ1) is 14.9. The molecule has 0 radical (unpaired) electrons. The number of nitrogens with zero attached hydrogens (tertiary/aromatic N) is 2. The van der Waals surface area contributed by atoms with Gasteiger partial charge >= 0.3 is 0 Å². The maximum atomic E-state index is 13.2. The molecule has 2 aromatic rings. The fourth-order valence-electron chi connectivity index (χ4n) is 3.73. The summed E-state index contributed by atoms with van der Waals surface area (Å²) >= 11 is 0. The van der Waals surface area contributed by atoms with E-state index in [2.05, 4.69) is 0 Å². The molecule has 0 aromatic heterocycles. The number of ketones is 1. The maximum absolute atomic E-state index is 13.2. The summed E-state index contributed by atoms with van der Waals surface area (Å²) in [5, 5.41) is 10.7. The van der Waals surface area contributed by atoms with Crippen molar-refractivity contribution in [3.63, 3.8) is 0 Å². The lowest BCUT2D eigenvalue weighted by Gasteiger charge is -2.28. The zero-order valence-corrected chi connectivity index (χ0v) is 18.1. The van der Waals surface area contributed by atoms with Crippen molar-refractivity contribution in [1.29, 1.82) is 0 Å². The molecule has 6 heteroatoms. The molecule has 162 valence electrons. The van der Waals surface area contributed by atoms with Gasteiger partial charge in [0.25, 0.3) is 5.91 Å². The molecule has 2 aromatic carbocycles. The number of hydrogen-bond acceptors (Lipinski definition) is 5. The molecule has 1 amide bonds. The number of aliphatic hydroxyl groups excluding tert-OH is 1. The Bertz CT molecular complexity index is 996. The largest absolute Gasteiger partial charge is 0.503 e. The number of aliphatic hydroxyl groups is 1. The summed E-state index contributed by atoms with van der Waals surface area (Å²) in [7, 11) is 5.47. The van der Waals surface area contributed by atoms with Crippen LogP contribution in [0.2, 0.25) is 0 Å². The minimum atomic E-state index is -0.710. The second-order valence-corrected chi connectivity index (χ2v) is 7.67. The van der Waals surface area contributed by atoms with E-state index in [9.17, 15) is 14.7 Å². The standard InChI is InChI=1S/C25H28N2O4/c1-26(2)16-9-17-27-23(19-12-7-8-13-21(19)31-3)22(24(29)25(27)30)20(28)15-14-18-10-5-4-6-11-18/h4-8,10-15,23,29H,9,16-17H2,1-3H3/b15-14+. The van der Waals surface area contributed by atoms with Crippen LogP contribution in [0.4, 0.5) is 0 Å². The molecular formula is C25H28N2O4. The van der Waals surface area contributed by atoms with Crippen molar-refractivity contribution in [2.45, 2.75) is 12.5 Å². The first kappa shape index (κ1) is 22.3. The molecule has 0 saturated heterocycles. The van der Waals surface area contributed by atoms with Crippen molar-refractivity contribution in [3.05, 3.63) is 83.1 Å². The molecule has 6 nitrogen and oxygen atoms in total. The predicted molar refractivity (Wildman–Crippen MR) is 121 cm³/mol. The SMILES string of the molecule is COc1ccccc1C1C(C(=O)/C=C/c2ccccc2)=C(O)C(=O)N1CCCN(C)C. The van der Waals surface area contributed by atoms with E-state index >= 15 is 0 Å². The van der Waals surface area contributed by atoms with Gasteiger partial charge in [-0.1, -0.05) is 54.6 Å². The van der Waals surface area contributed by atoms with Crippen LogP contribution in [0.25, 0.3) is 6.08 Å². The van der Waals surface area contributed by atoms with Crippen molar-refractivity contribution < 1.29 is 19.4 Å². The lowest BCUT2D eigenvalue weighted by Crippen LogP contribution is -2.33. The zero-order chi connectivity index (χ0) is 22.4. The van der Waals surface area contributed by atoms with Crippen molar-refractivity contribution >= 4 is 17.8 Å². The van der Waals surface area contributed by atoms with Crippen LogP contribution in [0.3, 0.4) is 0 Å². The van der Waals surface area contributed by atoms with E-state index in [1.165, 1.54) is 6.08 Å². The molecule has 0 fully saturated rings. The Hall–Kier alpha value is -3.38. The van der Waals surface area contributed by atoms with E-state index < -0.39 is 23.5 Å². The number of carbonyl (C=O) groups is 2. The molecule has 1 atom stereocenters. The van der Waals surface area contributed by atoms with E-state index in [0.29, 0.717) is 24.3 Å². The maximum Gasteiger partial charge on any atom is 0.290 e. The molecular weight excluding hydrogens is 392 g/mol. The number of rotatable bonds is 9. The van der Waals surface area contributed by atoms with Crippen molar-refractivity contribution in [3.8, 4) is 5.75 Å². The van der Waals surface area contributed by atoms with Crippen LogP contribution in [0, 0.1) is 0 Å². The molecule has 1 unspecified atom stereocenters. The summed E-state index contributed by atoms with van der Waals surface area (Å²) in [5.41, 5.74) is 1.60. The predicted octanol–water partition coefficient (Wildman–Crippen LogP) is 3.62. The Kier molecular flexibility index (Phi) is 7.26. The van der Waals surface area contributed by atoms with Gasteiger partial charge < -0.3 is 19.6 Å². The number of methoxy groups -OCH3 is 1. The minimum absolute atomic E-state index is 0.0755. The third kappa shape index (κ3) is 5.03. The quantitative estimate of drug-likeness (QED) is 0.628. The van der Waals surface area contributed by atoms with Gasteiger partial charge in [0.1, 0.15) is 5.75 Å². The smallest absolute Gasteiger partial charge is 0.290 e. The van der Waals surface area contributed by atoms with Crippen LogP contribution in [-0.2, 0) is 9.59 Å². The van der Waals surface area contributed by atoms with Gasteiger partial charge in [-0.3, -0.25) is 9.59 Å². The summed E-state index contributed by atoms with van der Waals surface area (Å²) in [4.78, 5) is 29.7. The van der Waals surface area contributed by atoms with E-state index in [1.54, 1.807) is 24.2 Å². The van der Waals surface area contributed by atoms with Gasteiger partial charge in [-0.15, -0.1) is 0 Å². The molecule has 1 aliphatic rings. The van der Waals surface area contributed by atoms with Crippen molar-refractivity contribution in [2.75, 3.05) is 34.3 Å². The molecule has 3 rings (SSSR count). The van der Waals surface area contributed by atoms with Crippen LogP contribution in [0.1, 0.15) is 23.6 Å². The van der Waals surface area contributed by atoms with E-state index in [-0.39, 0.29) is 5.57 Å². The average molecular weight is 421 g/mol. The first-order valence-corrected chi connectivity index (χ1v) is 10.2. The zero-order valence-electron chi connectivity index (χ0n) is 18.1. The van der Waals surface area contributed by atoms with Gasteiger partial charge in [-0.25, -0.2) is 0 Å². The normalized spacial score (nSPS) is 16.6. The van der Waals surface area contributed by atoms with Gasteiger partial charge in [0, 0.05) is 12.1 Å². The van der Waals surface area contributed by atoms with E-state index in [4.69, 9.17) is 4.74 Å². The Morgan fingerprint density at radius 3 is 2.48 bits per heavy atom. The third-order valence-electron chi connectivity index (χ3n) is 5.23. The van der Waals surface area contributed by atoms with Gasteiger partial charge in [-0.05, 0) is 44.8 Å². The Morgan fingerprint density at radius 2 is 1.81 bits per heavy atom. The first-order valence-electron chi connectivity index (χ1n) is 10.2. The topological polar surface area (TPSA) is 70.1 Å². The summed E-state index contributed by atoms with van der Waals surface area (Å²) in [6.07, 6.45) is 3.79. The molecule has 0 bridgehead atoms. The number of carbonyl (C=O) groups excluding carboxylic acids is 2. The van der Waals surface area contributed by atoms with Gasteiger partial charge in [0.2, 0.25) is 0 Å². The monoisotopic (exact) mass is 420 g/mol. The summed E-state index contributed by atoms with van der Waals surface area (Å²) in [6, 6.07) is 16.0. The highest BCUT2D eigenvalue weighted by Gasteiger charge is 2.43. The third-order valence-corrected chi connectivity index (χ3v) is 5.23. The second-order valence-electron chi connectivity index (χ2n) is 7.67. The molecule has 31 heavy (non-hydrogen) atoms. The number of benzene rings is 2. The van der Waals surface area contributed by atoms with Crippen LogP contribution >= 0.6 is 0 Å². The molecule has 0 aliphatic carbocycles. The van der Waals surface area contributed by atoms with E-state index in [0.717, 1.165) is 12.1 Å².